The number of hydrogen-bond acceptors (Lipinski definition) is 5. The Morgan fingerprint density at radius 1 is 1.04 bits per heavy atom. The van der Waals surface area contributed by atoms with E-state index < -0.39 is 10.0 Å². The molecule has 8 nitrogen and oxygen atoms in total. The van der Waals surface area contributed by atoms with E-state index in [1.807, 2.05) is 0 Å². The van der Waals surface area contributed by atoms with Crippen molar-refractivity contribution in [2.75, 3.05) is 17.9 Å². The lowest BCUT2D eigenvalue weighted by atomic mass is 10.3. The van der Waals surface area contributed by atoms with Crippen molar-refractivity contribution in [3.8, 4) is 5.75 Å². The van der Waals surface area contributed by atoms with Gasteiger partial charge < -0.3 is 21.0 Å². The van der Waals surface area contributed by atoms with Crippen LogP contribution in [-0.2, 0) is 14.9 Å². The highest BCUT2D eigenvalue weighted by Crippen LogP contribution is 2.32. The summed E-state index contributed by atoms with van der Waals surface area (Å²) in [5.41, 5.74) is 10.5. The second-order valence-corrected chi connectivity index (χ2v) is 7.64. The number of nitrogens with two attached hydrogens (primary N) is 2. The van der Waals surface area contributed by atoms with Gasteiger partial charge in [0.2, 0.25) is 5.96 Å². The molecular weight excluding hydrogens is 415 g/mol. The quantitative estimate of drug-likeness (QED) is 0.241. The standard InChI is InChI=1S/C16H18Cl2N4O4S/c17-11-5-3-6-12(18)15(11)27(23,24)22-13-7-1-2-8-14(13)25-9-4-10-26-21-16(19)20/h1-3,5-8,22H,4,9-10H2,(H4,19,20,21). The fraction of sp³-hybridized carbons (Fsp3) is 0.188. The number of nitrogens with zero attached hydrogens (tertiary/aromatic N) is 1. The second kappa shape index (κ2) is 9.54. The van der Waals surface area contributed by atoms with Gasteiger partial charge in [-0.3, -0.25) is 4.72 Å². The molecule has 0 aliphatic carbocycles. The first kappa shape index (κ1) is 20.9. The van der Waals surface area contributed by atoms with E-state index in [0.717, 1.165) is 0 Å². The van der Waals surface area contributed by atoms with Gasteiger partial charge in [0.05, 0.1) is 22.3 Å². The predicted octanol–water partition coefficient (Wildman–Crippen LogP) is 2.77. The average Bonchev–Trinajstić information content (AvgIpc) is 2.58. The lowest BCUT2D eigenvalue weighted by molar-refractivity contribution is 0.127. The van der Waals surface area contributed by atoms with Crippen molar-refractivity contribution in [2.24, 2.45) is 16.6 Å². The van der Waals surface area contributed by atoms with Gasteiger partial charge in [0.1, 0.15) is 17.3 Å². The fourth-order valence-corrected chi connectivity index (χ4v) is 4.25. The van der Waals surface area contributed by atoms with E-state index in [1.54, 1.807) is 30.3 Å². The van der Waals surface area contributed by atoms with E-state index in [2.05, 4.69) is 9.88 Å². The van der Waals surface area contributed by atoms with Gasteiger partial charge >= 0.3 is 0 Å². The lowest BCUT2D eigenvalue weighted by Crippen LogP contribution is -2.23. The number of ether oxygens (including phenoxy) is 1. The Kier molecular flexibility index (Phi) is 7.40. The Labute approximate surface area is 167 Å². The van der Waals surface area contributed by atoms with Crippen LogP contribution in [-0.4, -0.2) is 27.6 Å². The molecule has 0 fully saturated rings. The topological polar surface area (TPSA) is 129 Å². The predicted molar refractivity (Wildman–Crippen MR) is 106 cm³/mol. The fourth-order valence-electron chi connectivity index (χ4n) is 2.04. The molecule has 0 heterocycles. The Balaban J connectivity index is 2.08. The van der Waals surface area contributed by atoms with Crippen molar-refractivity contribution in [2.45, 2.75) is 11.3 Å². The van der Waals surface area contributed by atoms with Gasteiger partial charge in [-0.25, -0.2) is 8.42 Å². The second-order valence-electron chi connectivity index (χ2n) is 5.20. The molecule has 0 aliphatic rings. The smallest absolute Gasteiger partial charge is 0.264 e. The Morgan fingerprint density at radius 3 is 2.37 bits per heavy atom. The molecule has 0 atom stereocenters. The van der Waals surface area contributed by atoms with Crippen LogP contribution in [0.4, 0.5) is 5.69 Å². The molecule has 0 aliphatic heterocycles. The molecule has 146 valence electrons. The van der Waals surface area contributed by atoms with Gasteiger partial charge in [0, 0.05) is 6.42 Å². The summed E-state index contributed by atoms with van der Waals surface area (Å²) in [4.78, 5) is 4.64. The summed E-state index contributed by atoms with van der Waals surface area (Å²) in [6, 6.07) is 11.0. The van der Waals surface area contributed by atoms with Crippen molar-refractivity contribution in [3.05, 3.63) is 52.5 Å². The van der Waals surface area contributed by atoms with E-state index in [-0.39, 0.29) is 39.8 Å². The summed E-state index contributed by atoms with van der Waals surface area (Å²) < 4.78 is 33.4. The molecule has 0 saturated carbocycles. The lowest BCUT2D eigenvalue weighted by Gasteiger charge is -2.14. The number of halogens is 2. The molecule has 0 amide bonds. The molecule has 0 unspecified atom stereocenters. The zero-order valence-corrected chi connectivity index (χ0v) is 16.4. The Morgan fingerprint density at radius 2 is 1.70 bits per heavy atom. The minimum Gasteiger partial charge on any atom is -0.491 e. The number of guanidine groups is 1. The minimum absolute atomic E-state index is 0.0188. The molecule has 2 aromatic carbocycles. The zero-order valence-electron chi connectivity index (χ0n) is 14.1. The van der Waals surface area contributed by atoms with Crippen LogP contribution in [0.15, 0.2) is 52.5 Å². The van der Waals surface area contributed by atoms with Crippen LogP contribution in [0, 0.1) is 0 Å². The number of benzene rings is 2. The number of anilines is 1. The summed E-state index contributed by atoms with van der Waals surface area (Å²) in [5, 5.41) is 3.42. The molecule has 0 bridgehead atoms. The number of rotatable bonds is 9. The van der Waals surface area contributed by atoms with Crippen LogP contribution in [0.25, 0.3) is 0 Å². The highest BCUT2D eigenvalue weighted by Gasteiger charge is 2.22. The van der Waals surface area contributed by atoms with Crippen molar-refractivity contribution >= 4 is 44.9 Å². The van der Waals surface area contributed by atoms with Gasteiger partial charge in [-0.05, 0) is 29.4 Å². The van der Waals surface area contributed by atoms with Crippen LogP contribution in [0.1, 0.15) is 6.42 Å². The third kappa shape index (κ3) is 6.09. The minimum atomic E-state index is -4.01. The number of oxime groups is 1. The summed E-state index contributed by atoms with van der Waals surface area (Å²) >= 11 is 12.0. The van der Waals surface area contributed by atoms with Gasteiger partial charge in [0.15, 0.2) is 0 Å². The first-order valence-electron chi connectivity index (χ1n) is 7.71. The third-order valence-corrected chi connectivity index (χ3v) is 5.45. The normalized spacial score (nSPS) is 10.9. The molecule has 0 aromatic heterocycles. The first-order chi connectivity index (χ1) is 12.8. The van der Waals surface area contributed by atoms with Crippen LogP contribution < -0.4 is 20.9 Å². The monoisotopic (exact) mass is 432 g/mol. The van der Waals surface area contributed by atoms with Crippen molar-refractivity contribution in [1.29, 1.82) is 0 Å². The Bertz CT molecular complexity index is 898. The molecule has 0 saturated heterocycles. The molecular formula is C16H18Cl2N4O4S. The van der Waals surface area contributed by atoms with Crippen molar-refractivity contribution in [1.82, 2.24) is 0 Å². The van der Waals surface area contributed by atoms with Gasteiger partial charge in [-0.15, -0.1) is 0 Å². The van der Waals surface area contributed by atoms with E-state index in [0.29, 0.717) is 12.2 Å². The molecule has 11 heteroatoms. The third-order valence-electron chi connectivity index (χ3n) is 3.13. The summed E-state index contributed by atoms with van der Waals surface area (Å²) in [6.07, 6.45) is 0.480. The Hall–Kier alpha value is -2.36. The van der Waals surface area contributed by atoms with E-state index in [9.17, 15) is 8.42 Å². The van der Waals surface area contributed by atoms with E-state index in [1.165, 1.54) is 12.1 Å². The maximum atomic E-state index is 12.7. The maximum absolute atomic E-state index is 12.7. The van der Waals surface area contributed by atoms with E-state index in [4.69, 9.17) is 44.2 Å². The van der Waals surface area contributed by atoms with Gasteiger partial charge in [-0.2, -0.15) is 0 Å². The van der Waals surface area contributed by atoms with Crippen LogP contribution in [0.5, 0.6) is 5.75 Å². The first-order valence-corrected chi connectivity index (χ1v) is 9.95. The molecule has 0 radical (unpaired) electrons. The molecule has 2 rings (SSSR count). The molecule has 0 spiro atoms. The summed E-state index contributed by atoms with van der Waals surface area (Å²) in [5.74, 6) is 0.167. The number of para-hydroxylation sites is 2. The SMILES string of the molecule is NC(N)=NOCCCOc1ccccc1NS(=O)(=O)c1c(Cl)cccc1Cl. The van der Waals surface area contributed by atoms with Gasteiger partial charge in [-0.1, -0.05) is 41.4 Å². The molecule has 2 aromatic rings. The largest absolute Gasteiger partial charge is 0.491 e. The number of hydrogen-bond donors (Lipinski definition) is 3. The van der Waals surface area contributed by atoms with Crippen LogP contribution >= 0.6 is 23.2 Å². The highest BCUT2D eigenvalue weighted by atomic mass is 35.5. The molecule has 27 heavy (non-hydrogen) atoms. The molecule has 5 N–H and O–H groups in total. The highest BCUT2D eigenvalue weighted by molar-refractivity contribution is 7.93. The van der Waals surface area contributed by atoms with Crippen molar-refractivity contribution in [3.63, 3.8) is 0 Å². The number of sulfonamides is 1. The zero-order chi connectivity index (χ0) is 19.9. The van der Waals surface area contributed by atoms with Crippen LogP contribution in [0.2, 0.25) is 10.0 Å². The van der Waals surface area contributed by atoms with E-state index >= 15 is 0 Å². The van der Waals surface area contributed by atoms with Gasteiger partial charge in [0.25, 0.3) is 10.0 Å². The average molecular weight is 433 g/mol. The maximum Gasteiger partial charge on any atom is 0.264 e. The van der Waals surface area contributed by atoms with Crippen molar-refractivity contribution < 1.29 is 18.0 Å². The number of nitrogens with one attached hydrogen (secondary N) is 1. The summed E-state index contributed by atoms with van der Waals surface area (Å²) in [6.45, 7) is 0.493. The van der Waals surface area contributed by atoms with Crippen LogP contribution in [0.3, 0.4) is 0 Å². The summed E-state index contributed by atoms with van der Waals surface area (Å²) in [7, 11) is -4.01.